The second kappa shape index (κ2) is 10.1. The van der Waals surface area contributed by atoms with Gasteiger partial charge in [-0.2, -0.15) is 0 Å². The topological polar surface area (TPSA) is 152 Å². The first-order valence-corrected chi connectivity index (χ1v) is 12.5. The molecule has 0 saturated carbocycles. The molecule has 0 bridgehead atoms. The van der Waals surface area contributed by atoms with E-state index in [1.165, 1.54) is 25.1 Å². The van der Waals surface area contributed by atoms with Crippen molar-refractivity contribution in [3.8, 4) is 0 Å². The average molecular weight is 538 g/mol. The number of benzene rings is 3. The van der Waals surface area contributed by atoms with Gasteiger partial charge in [-0.05, 0) is 50.1 Å². The van der Waals surface area contributed by atoms with Crippen LogP contribution in [0.1, 0.15) is 61.5 Å². The first kappa shape index (κ1) is 26.4. The van der Waals surface area contributed by atoms with Crippen LogP contribution in [0.5, 0.6) is 0 Å². The van der Waals surface area contributed by atoms with E-state index < -0.39 is 40.6 Å². The Morgan fingerprint density at radius 1 is 0.925 bits per heavy atom. The fourth-order valence-corrected chi connectivity index (χ4v) is 4.70. The molecule has 1 aliphatic carbocycles. The molecule has 1 heterocycles. The number of anilines is 1. The number of carbonyl (C=O) groups excluding carboxylic acids is 5. The Labute approximate surface area is 227 Å². The van der Waals surface area contributed by atoms with Crippen LogP contribution in [0.3, 0.4) is 0 Å². The number of aromatic nitrogens is 2. The molecule has 0 saturated heterocycles. The van der Waals surface area contributed by atoms with Gasteiger partial charge in [0.25, 0.3) is 11.5 Å². The van der Waals surface area contributed by atoms with Crippen molar-refractivity contribution in [3.05, 3.63) is 104 Å². The molecule has 0 aliphatic heterocycles. The number of rotatable bonds is 6. The van der Waals surface area contributed by atoms with E-state index in [4.69, 9.17) is 4.74 Å². The molecule has 0 radical (unpaired) electrons. The Kier molecular flexibility index (Phi) is 6.68. The normalized spacial score (nSPS) is 12.9. The highest BCUT2D eigenvalue weighted by atomic mass is 16.5. The quantitative estimate of drug-likeness (QED) is 0.190. The molecule has 5 rings (SSSR count). The Bertz CT molecular complexity index is 1840. The van der Waals surface area contributed by atoms with Gasteiger partial charge in [-0.3, -0.25) is 28.8 Å². The monoisotopic (exact) mass is 537 g/mol. The Balaban J connectivity index is 1.60. The third-order valence-corrected chi connectivity index (χ3v) is 6.71. The maximum absolute atomic E-state index is 13.3. The molecule has 1 unspecified atom stereocenters. The average Bonchev–Trinajstić information content (AvgIpc) is 2.93. The van der Waals surface area contributed by atoms with Gasteiger partial charge < -0.3 is 15.0 Å². The minimum absolute atomic E-state index is 0.0194. The van der Waals surface area contributed by atoms with Gasteiger partial charge in [0.2, 0.25) is 5.78 Å². The molecule has 1 aromatic heterocycles. The maximum atomic E-state index is 13.3. The predicted octanol–water partition coefficient (Wildman–Crippen LogP) is 3.17. The van der Waals surface area contributed by atoms with Crippen LogP contribution in [-0.2, 0) is 19.1 Å². The number of H-pyrrole nitrogens is 1. The third-order valence-electron chi connectivity index (χ3n) is 6.71. The summed E-state index contributed by atoms with van der Waals surface area (Å²) in [4.78, 5) is 85.6. The number of carbonyl (C=O) groups is 5. The van der Waals surface area contributed by atoms with Crippen LogP contribution in [0.2, 0.25) is 0 Å². The van der Waals surface area contributed by atoms with E-state index in [0.29, 0.717) is 11.3 Å². The van der Waals surface area contributed by atoms with Gasteiger partial charge in [-0.25, -0.2) is 4.98 Å². The van der Waals surface area contributed by atoms with Gasteiger partial charge in [0, 0.05) is 22.4 Å². The van der Waals surface area contributed by atoms with Crippen molar-refractivity contribution in [2.75, 3.05) is 11.9 Å². The molecule has 10 heteroatoms. The lowest BCUT2D eigenvalue weighted by Gasteiger charge is -2.19. The molecule has 4 aromatic rings. The first-order valence-electron chi connectivity index (χ1n) is 12.5. The van der Waals surface area contributed by atoms with Gasteiger partial charge in [0.05, 0.1) is 23.2 Å². The molecule has 40 heavy (non-hydrogen) atoms. The zero-order chi connectivity index (χ0) is 28.7. The highest BCUT2D eigenvalue weighted by Gasteiger charge is 2.39. The maximum Gasteiger partial charge on any atom is 0.323 e. The largest absolute Gasteiger partial charge is 0.465 e. The van der Waals surface area contributed by atoms with E-state index in [1.807, 2.05) is 13.0 Å². The summed E-state index contributed by atoms with van der Waals surface area (Å²) >= 11 is 0. The number of aryl methyl sites for hydroxylation is 2. The van der Waals surface area contributed by atoms with Gasteiger partial charge >= 0.3 is 5.97 Å². The summed E-state index contributed by atoms with van der Waals surface area (Å²) in [5.74, 6) is -6.33. The van der Waals surface area contributed by atoms with E-state index in [2.05, 4.69) is 15.3 Å². The van der Waals surface area contributed by atoms with Crippen LogP contribution in [0.15, 0.2) is 59.4 Å². The van der Waals surface area contributed by atoms with Crippen molar-refractivity contribution in [2.24, 2.45) is 0 Å². The van der Waals surface area contributed by atoms with Gasteiger partial charge in [0.15, 0.2) is 17.5 Å². The second-order valence-corrected chi connectivity index (χ2v) is 9.36. The highest BCUT2D eigenvalue weighted by molar-refractivity contribution is 6.45. The molecule has 2 N–H and O–H groups in total. The summed E-state index contributed by atoms with van der Waals surface area (Å²) in [6, 6.07) is 14.4. The van der Waals surface area contributed by atoms with Gasteiger partial charge in [-0.15, -0.1) is 0 Å². The SMILES string of the molecule is CCOC(=O)C(C(=O)C(=O)Nc1cc(C)ccc1C)c1nc2ccc3c(c2[nH]c1=O)C(=O)c1ccccc1C3=O. The number of fused-ring (bicyclic) bond motifs is 4. The van der Waals surface area contributed by atoms with Crippen molar-refractivity contribution in [1.29, 1.82) is 0 Å². The molecular weight excluding hydrogens is 514 g/mol. The number of nitrogens with zero attached hydrogens (tertiary/aromatic N) is 1. The van der Waals surface area contributed by atoms with E-state index in [9.17, 15) is 28.8 Å². The van der Waals surface area contributed by atoms with E-state index in [1.54, 1.807) is 37.3 Å². The second-order valence-electron chi connectivity index (χ2n) is 9.36. The van der Waals surface area contributed by atoms with Crippen molar-refractivity contribution >= 4 is 45.9 Å². The third kappa shape index (κ3) is 4.39. The zero-order valence-electron chi connectivity index (χ0n) is 21.8. The smallest absolute Gasteiger partial charge is 0.323 e. The predicted molar refractivity (Wildman–Crippen MR) is 145 cm³/mol. The van der Waals surface area contributed by atoms with Crippen molar-refractivity contribution in [3.63, 3.8) is 0 Å². The lowest BCUT2D eigenvalue weighted by Crippen LogP contribution is -2.37. The minimum Gasteiger partial charge on any atom is -0.465 e. The molecule has 200 valence electrons. The number of Topliss-reactive ketones (excluding diaryl/α,β-unsaturated/α-hetero) is 1. The van der Waals surface area contributed by atoms with Crippen LogP contribution >= 0.6 is 0 Å². The lowest BCUT2D eigenvalue weighted by molar-refractivity contribution is -0.150. The number of amides is 1. The molecule has 0 spiro atoms. The number of hydrogen-bond donors (Lipinski definition) is 2. The first-order chi connectivity index (χ1) is 19.1. The van der Waals surface area contributed by atoms with Crippen LogP contribution in [0.25, 0.3) is 11.0 Å². The summed E-state index contributed by atoms with van der Waals surface area (Å²) in [5.41, 5.74) is 0.850. The summed E-state index contributed by atoms with van der Waals surface area (Å²) in [7, 11) is 0. The number of aromatic amines is 1. The van der Waals surface area contributed by atoms with Crippen molar-refractivity contribution in [2.45, 2.75) is 26.7 Å². The van der Waals surface area contributed by atoms with Crippen molar-refractivity contribution < 1.29 is 28.7 Å². The number of nitrogens with one attached hydrogen (secondary N) is 2. The molecule has 3 aromatic carbocycles. The highest BCUT2D eigenvalue weighted by Crippen LogP contribution is 2.31. The molecule has 1 aliphatic rings. The number of esters is 1. The number of ether oxygens (including phenoxy) is 1. The van der Waals surface area contributed by atoms with Crippen LogP contribution < -0.4 is 10.9 Å². The molecule has 10 nitrogen and oxygen atoms in total. The summed E-state index contributed by atoms with van der Waals surface area (Å²) < 4.78 is 5.02. The van der Waals surface area contributed by atoms with E-state index in [-0.39, 0.29) is 45.7 Å². The number of ketones is 3. The Morgan fingerprint density at radius 2 is 1.62 bits per heavy atom. The summed E-state index contributed by atoms with van der Waals surface area (Å²) in [6.07, 6.45) is 0. The van der Waals surface area contributed by atoms with Crippen LogP contribution in [0.4, 0.5) is 5.69 Å². The fraction of sp³-hybridized carbons (Fsp3) is 0.167. The fourth-order valence-electron chi connectivity index (χ4n) is 4.70. The summed E-state index contributed by atoms with van der Waals surface area (Å²) in [6.45, 7) is 4.95. The van der Waals surface area contributed by atoms with E-state index >= 15 is 0 Å². The minimum atomic E-state index is -1.97. The zero-order valence-corrected chi connectivity index (χ0v) is 21.8. The van der Waals surface area contributed by atoms with Gasteiger partial charge in [-0.1, -0.05) is 36.4 Å². The molecule has 1 atom stereocenters. The molecular formula is C30H23N3O7. The van der Waals surface area contributed by atoms with E-state index in [0.717, 1.165) is 5.56 Å². The Morgan fingerprint density at radius 3 is 2.33 bits per heavy atom. The standard InChI is InChI=1S/C30H23N3O7/c1-4-40-30(39)22(27(36)29(38)32-20-13-14(2)9-10-15(20)3)24-28(37)33-23-19(31-24)12-11-18-21(23)26(35)17-8-6-5-7-16(17)25(18)34/h5-13,22H,4H2,1-3H3,(H,32,38)(H,33,37). The molecule has 0 fully saturated rings. The Hall–Kier alpha value is -5.25. The number of hydrogen-bond acceptors (Lipinski definition) is 8. The molecule has 1 amide bonds. The van der Waals surface area contributed by atoms with Gasteiger partial charge in [0.1, 0.15) is 5.69 Å². The lowest BCUT2D eigenvalue weighted by atomic mass is 9.83. The van der Waals surface area contributed by atoms with Crippen LogP contribution in [0, 0.1) is 13.8 Å². The van der Waals surface area contributed by atoms with Crippen LogP contribution in [-0.4, -0.2) is 45.8 Å². The summed E-state index contributed by atoms with van der Waals surface area (Å²) in [5, 5.41) is 2.50. The van der Waals surface area contributed by atoms with Crippen molar-refractivity contribution in [1.82, 2.24) is 9.97 Å².